The number of H-pyrrole nitrogens is 1. The highest BCUT2D eigenvalue weighted by atomic mass is 31.2. The Balaban J connectivity index is 2.45. The highest BCUT2D eigenvalue weighted by Crippen LogP contribution is 2.50. The van der Waals surface area contributed by atoms with E-state index in [-0.39, 0.29) is 6.42 Å². The van der Waals surface area contributed by atoms with Crippen LogP contribution in [0.5, 0.6) is 0 Å². The smallest absolute Gasteiger partial charge is 0.452 e. The van der Waals surface area contributed by atoms with Gasteiger partial charge in [0.1, 0.15) is 6.04 Å². The van der Waals surface area contributed by atoms with Crippen LogP contribution in [-0.4, -0.2) is 46.5 Å². The lowest BCUT2D eigenvalue weighted by Crippen LogP contribution is -2.35. The summed E-state index contributed by atoms with van der Waals surface area (Å²) in [6.45, 7) is 0.749. The van der Waals surface area contributed by atoms with Crippen molar-refractivity contribution in [1.29, 1.82) is 0 Å². The summed E-state index contributed by atoms with van der Waals surface area (Å²) in [5.74, 6) is -4.49. The fourth-order valence-corrected chi connectivity index (χ4v) is 1.94. The number of aromatic nitrogens is 2. The molecule has 0 aliphatic rings. The summed E-state index contributed by atoms with van der Waals surface area (Å²) in [7, 11) is -4.99. The zero-order chi connectivity index (χ0) is 21.2. The monoisotopic (exact) mass is 425 g/mol. The fourth-order valence-electron chi connectivity index (χ4n) is 1.30. The molecule has 1 atom stereocenters. The van der Waals surface area contributed by atoms with Crippen LogP contribution >= 0.6 is 7.82 Å². The molecule has 0 saturated carbocycles. The molecule has 0 bridgehead atoms. The number of imidazole rings is 1. The zero-order valence-electron chi connectivity index (χ0n) is 14.5. The summed E-state index contributed by atoms with van der Waals surface area (Å²) in [4.78, 5) is 62.8. The van der Waals surface area contributed by atoms with Crippen LogP contribution in [0.2, 0.25) is 0 Å². The topological polar surface area (TPSA) is 205 Å². The molecule has 156 valence electrons. The number of nitrogens with two attached hydrogens (primary N) is 1. The van der Waals surface area contributed by atoms with Gasteiger partial charge in [-0.2, -0.15) is 0 Å². The molecule has 0 aliphatic heterocycles. The maximum atomic E-state index is 11.9. The van der Waals surface area contributed by atoms with E-state index in [0.717, 1.165) is 13.8 Å². The molecule has 28 heavy (non-hydrogen) atoms. The summed E-state index contributed by atoms with van der Waals surface area (Å²) < 4.78 is 28.5. The average Bonchev–Trinajstić information content (AvgIpc) is 3.14. The second-order valence-corrected chi connectivity index (χ2v) is 6.11. The molecule has 0 amide bonds. The van der Waals surface area contributed by atoms with E-state index < -0.39 is 44.3 Å². The van der Waals surface area contributed by atoms with Crippen LogP contribution in [-0.2, 0) is 63.6 Å². The molecule has 1 aromatic rings. The molecule has 1 heterocycles. The fraction of sp³-hybridized carbons (Fsp3) is 0.417. The first kappa shape index (κ1) is 23.2. The zero-order valence-corrected chi connectivity index (χ0v) is 15.4. The number of esters is 1. The number of phosphoric acid groups is 1. The van der Waals surface area contributed by atoms with Gasteiger partial charge in [-0.3, -0.25) is 19.5 Å². The molecular formula is C12H16N3O12P. The first-order valence-corrected chi connectivity index (χ1v) is 8.69. The number of nitrogens with one attached hydrogen (secondary N) is 1. The van der Waals surface area contributed by atoms with Crippen molar-refractivity contribution in [3.05, 3.63) is 18.2 Å². The number of hydrogen-bond donors (Lipinski definition) is 2. The van der Waals surface area contributed by atoms with Gasteiger partial charge in [0.15, 0.2) is 6.61 Å². The van der Waals surface area contributed by atoms with Crippen molar-refractivity contribution in [2.24, 2.45) is 5.73 Å². The van der Waals surface area contributed by atoms with Crippen molar-refractivity contribution >= 4 is 31.7 Å². The van der Waals surface area contributed by atoms with Crippen LogP contribution < -0.4 is 5.73 Å². The Kier molecular flexibility index (Phi) is 9.20. The molecule has 0 fully saturated rings. The third-order valence-electron chi connectivity index (χ3n) is 2.34. The van der Waals surface area contributed by atoms with Gasteiger partial charge in [0, 0.05) is 32.2 Å². The lowest BCUT2D eigenvalue weighted by atomic mass is 10.2. The molecule has 3 N–H and O–H groups in total. The second kappa shape index (κ2) is 11.1. The summed E-state index contributed by atoms with van der Waals surface area (Å²) in [6.07, 6.45) is 2.89. The molecule has 16 heteroatoms. The number of rotatable bonds is 11. The van der Waals surface area contributed by atoms with Gasteiger partial charge in [0.05, 0.1) is 6.33 Å². The molecule has 0 aliphatic carbocycles. The maximum absolute atomic E-state index is 11.9. The highest BCUT2D eigenvalue weighted by Gasteiger charge is 2.37. The van der Waals surface area contributed by atoms with E-state index in [1.165, 1.54) is 12.5 Å². The minimum atomic E-state index is -4.99. The molecular weight excluding hydrogens is 409 g/mol. The number of carbonyl (C=O) groups excluding carboxylic acids is 4. The minimum Gasteiger partial charge on any atom is -0.452 e. The van der Waals surface area contributed by atoms with E-state index in [1.54, 1.807) is 0 Å². The normalized spacial score (nSPS) is 12.0. The molecule has 0 radical (unpaired) electrons. The van der Waals surface area contributed by atoms with Crippen molar-refractivity contribution in [1.82, 2.24) is 9.97 Å². The van der Waals surface area contributed by atoms with Crippen molar-refractivity contribution < 1.29 is 57.2 Å². The Morgan fingerprint density at radius 3 is 2.18 bits per heavy atom. The van der Waals surface area contributed by atoms with Crippen LogP contribution in [0.1, 0.15) is 19.5 Å². The number of nitrogens with zero attached hydrogens (tertiary/aromatic N) is 1. The molecule has 0 saturated heterocycles. The summed E-state index contributed by atoms with van der Waals surface area (Å²) in [6, 6.07) is -1.11. The highest BCUT2D eigenvalue weighted by molar-refractivity contribution is 7.48. The van der Waals surface area contributed by atoms with Crippen molar-refractivity contribution in [2.45, 2.75) is 26.3 Å². The SMILES string of the molecule is CC(=O)OOP(=O)(OOC(C)=O)OOC(=O)COC(=O)C(N)Cc1cnc[nH]1. The van der Waals surface area contributed by atoms with Crippen molar-refractivity contribution in [3.8, 4) is 0 Å². The number of aromatic amines is 1. The molecule has 1 rings (SSSR count). The van der Waals surface area contributed by atoms with E-state index in [0.29, 0.717) is 5.69 Å². The van der Waals surface area contributed by atoms with Gasteiger partial charge in [-0.05, 0) is 0 Å². The Morgan fingerprint density at radius 2 is 1.68 bits per heavy atom. The van der Waals surface area contributed by atoms with Crippen LogP contribution in [0, 0.1) is 0 Å². The van der Waals surface area contributed by atoms with Crippen LogP contribution in [0.3, 0.4) is 0 Å². The summed E-state index contributed by atoms with van der Waals surface area (Å²) in [5.41, 5.74) is 6.14. The Labute approximate surface area is 156 Å². The molecule has 15 nitrogen and oxygen atoms in total. The first-order chi connectivity index (χ1) is 13.1. The molecule has 1 aromatic heterocycles. The predicted molar refractivity (Wildman–Crippen MR) is 81.7 cm³/mol. The van der Waals surface area contributed by atoms with E-state index >= 15 is 0 Å². The van der Waals surface area contributed by atoms with Gasteiger partial charge in [-0.25, -0.2) is 23.9 Å². The Morgan fingerprint density at radius 1 is 1.11 bits per heavy atom. The third kappa shape index (κ3) is 9.20. The number of hydrogen-bond acceptors (Lipinski definition) is 14. The Bertz CT molecular complexity index is 714. The predicted octanol–water partition coefficient (Wildman–Crippen LogP) is -0.605. The standard InChI is InChI=1S/C12H16N3O12P/c1-7(16)22-25-28(20,26-23-8(2)17)27-24-11(18)5-21-12(19)10(13)3-9-4-14-6-15-9/h4,6,10H,3,5,13H2,1-2H3,(H,14,15). The van der Waals surface area contributed by atoms with E-state index in [1.807, 2.05) is 0 Å². The molecule has 0 spiro atoms. The largest absolute Gasteiger partial charge is 0.584 e. The van der Waals surface area contributed by atoms with E-state index in [2.05, 4.69) is 43.4 Å². The molecule has 1 unspecified atom stereocenters. The van der Waals surface area contributed by atoms with Crippen LogP contribution in [0.15, 0.2) is 12.5 Å². The third-order valence-corrected chi connectivity index (χ3v) is 3.11. The van der Waals surface area contributed by atoms with Crippen molar-refractivity contribution in [2.75, 3.05) is 6.61 Å². The minimum absolute atomic E-state index is 0.0615. The van der Waals surface area contributed by atoms with Crippen LogP contribution in [0.25, 0.3) is 0 Å². The van der Waals surface area contributed by atoms with Gasteiger partial charge in [0.25, 0.3) is 0 Å². The summed E-state index contributed by atoms with van der Waals surface area (Å²) in [5, 5.41) is 0. The lowest BCUT2D eigenvalue weighted by molar-refractivity contribution is -0.296. The van der Waals surface area contributed by atoms with Gasteiger partial charge in [-0.1, -0.05) is 14.0 Å². The quantitative estimate of drug-likeness (QED) is 0.196. The van der Waals surface area contributed by atoms with E-state index in [9.17, 15) is 23.7 Å². The number of carbonyl (C=O) groups is 4. The van der Waals surface area contributed by atoms with Crippen molar-refractivity contribution in [3.63, 3.8) is 0 Å². The molecule has 0 aromatic carbocycles. The van der Waals surface area contributed by atoms with Gasteiger partial charge in [0.2, 0.25) is 0 Å². The average molecular weight is 425 g/mol. The second-order valence-electron chi connectivity index (χ2n) is 4.77. The van der Waals surface area contributed by atoms with Gasteiger partial charge < -0.3 is 15.5 Å². The van der Waals surface area contributed by atoms with E-state index in [4.69, 9.17) is 5.73 Å². The Hall–Kier alpha value is -2.84. The first-order valence-electron chi connectivity index (χ1n) is 7.23. The lowest BCUT2D eigenvalue weighted by Gasteiger charge is -2.13. The van der Waals surface area contributed by atoms with Gasteiger partial charge >= 0.3 is 31.7 Å². The number of ether oxygens (including phenoxy) is 1. The van der Waals surface area contributed by atoms with Gasteiger partial charge in [-0.15, -0.1) is 0 Å². The summed E-state index contributed by atoms with van der Waals surface area (Å²) >= 11 is 0. The maximum Gasteiger partial charge on any atom is 0.584 e. The van der Waals surface area contributed by atoms with Crippen LogP contribution in [0.4, 0.5) is 0 Å².